The Kier molecular flexibility index (Phi) is 2.66. The number of likely N-dealkylation sites (tertiary alicyclic amines) is 1. The molecule has 4 nitrogen and oxygen atoms in total. The maximum Gasteiger partial charge on any atom is 0.165 e. The average molecular weight is 345 g/mol. The molecule has 1 saturated heterocycles. The first-order valence-corrected chi connectivity index (χ1v) is 9.67. The Labute approximate surface area is 146 Å². The molecule has 0 amide bonds. The zero-order chi connectivity index (χ0) is 17.0. The predicted octanol–water partition coefficient (Wildman–Crippen LogP) is 2.29. The van der Waals surface area contributed by atoms with Crippen molar-refractivity contribution in [3.8, 4) is 11.5 Å². The number of ether oxygens (including phenoxy) is 1. The van der Waals surface area contributed by atoms with Crippen LogP contribution >= 0.6 is 0 Å². The molecule has 2 bridgehead atoms. The Morgan fingerprint density at radius 1 is 1.24 bits per heavy atom. The molecular formula is C20H24FNO3. The van der Waals surface area contributed by atoms with Crippen molar-refractivity contribution in [2.75, 3.05) is 13.1 Å². The Morgan fingerprint density at radius 3 is 2.88 bits per heavy atom. The van der Waals surface area contributed by atoms with Crippen LogP contribution in [0.2, 0.25) is 0 Å². The summed E-state index contributed by atoms with van der Waals surface area (Å²) in [5.41, 5.74) is 0.375. The van der Waals surface area contributed by atoms with Gasteiger partial charge in [0, 0.05) is 18.2 Å². The Morgan fingerprint density at radius 2 is 2.08 bits per heavy atom. The molecule has 134 valence electrons. The zero-order valence-electron chi connectivity index (χ0n) is 14.2. The van der Waals surface area contributed by atoms with Gasteiger partial charge < -0.3 is 14.9 Å². The van der Waals surface area contributed by atoms with Gasteiger partial charge in [0.2, 0.25) is 0 Å². The Hall–Kier alpha value is -1.33. The lowest BCUT2D eigenvalue weighted by molar-refractivity contribution is -0.199. The highest BCUT2D eigenvalue weighted by Gasteiger charge is 2.73. The largest absolute Gasteiger partial charge is 0.504 e. The van der Waals surface area contributed by atoms with E-state index in [0.717, 1.165) is 36.6 Å². The van der Waals surface area contributed by atoms with Crippen molar-refractivity contribution in [1.29, 1.82) is 0 Å². The summed E-state index contributed by atoms with van der Waals surface area (Å²) in [5, 5.41) is 22.3. The average Bonchev–Trinajstić information content (AvgIpc) is 3.32. The van der Waals surface area contributed by atoms with Crippen LogP contribution in [0.1, 0.15) is 43.2 Å². The minimum absolute atomic E-state index is 0.0310. The monoisotopic (exact) mass is 345 g/mol. The third-order valence-corrected chi connectivity index (χ3v) is 7.69. The van der Waals surface area contributed by atoms with Crippen LogP contribution in [0.15, 0.2) is 12.1 Å². The van der Waals surface area contributed by atoms with Gasteiger partial charge in [0.1, 0.15) is 12.3 Å². The first-order chi connectivity index (χ1) is 12.0. The standard InChI is InChI=1S/C20H24FNO3/c21-13-5-6-20(24)15-9-12-3-4-14(23)17-16(12)19(20,18(13)25-17)7-8-22(15)10-11-1-2-11/h3-4,11,13,15,18,23-24H,1-2,5-10H2/t13-,15-,18+,19+,20?/m1/s1. The maximum atomic E-state index is 14.9. The summed E-state index contributed by atoms with van der Waals surface area (Å²) in [7, 11) is 0. The molecule has 5 heteroatoms. The molecule has 3 fully saturated rings. The first kappa shape index (κ1) is 14.8. The molecule has 2 saturated carbocycles. The van der Waals surface area contributed by atoms with E-state index in [-0.39, 0.29) is 11.8 Å². The molecule has 6 rings (SSSR count). The number of aromatic hydroxyl groups is 1. The highest BCUT2D eigenvalue weighted by Crippen LogP contribution is 2.65. The van der Waals surface area contributed by atoms with Gasteiger partial charge in [-0.15, -0.1) is 0 Å². The summed E-state index contributed by atoms with van der Waals surface area (Å²) in [6.45, 7) is 1.93. The number of benzene rings is 1. The highest BCUT2D eigenvalue weighted by atomic mass is 19.1. The maximum absolute atomic E-state index is 14.9. The number of phenolic OH excluding ortho intramolecular Hbond substituents is 1. The number of aliphatic hydroxyl groups is 1. The number of phenols is 1. The second-order valence-electron chi connectivity index (χ2n) is 8.84. The highest BCUT2D eigenvalue weighted by molar-refractivity contribution is 5.62. The van der Waals surface area contributed by atoms with Crippen LogP contribution in [-0.4, -0.2) is 52.1 Å². The van der Waals surface area contributed by atoms with E-state index >= 15 is 0 Å². The van der Waals surface area contributed by atoms with Gasteiger partial charge in [0.25, 0.3) is 0 Å². The van der Waals surface area contributed by atoms with Crippen LogP contribution in [-0.2, 0) is 11.8 Å². The van der Waals surface area contributed by atoms with Crippen LogP contribution in [0.25, 0.3) is 0 Å². The summed E-state index contributed by atoms with van der Waals surface area (Å²) < 4.78 is 20.9. The van der Waals surface area contributed by atoms with E-state index in [9.17, 15) is 14.6 Å². The molecule has 0 radical (unpaired) electrons. The van der Waals surface area contributed by atoms with E-state index in [0.29, 0.717) is 25.0 Å². The van der Waals surface area contributed by atoms with Gasteiger partial charge >= 0.3 is 0 Å². The van der Waals surface area contributed by atoms with E-state index < -0.39 is 23.3 Å². The second-order valence-corrected chi connectivity index (χ2v) is 8.84. The predicted molar refractivity (Wildman–Crippen MR) is 89.7 cm³/mol. The van der Waals surface area contributed by atoms with Gasteiger partial charge in [-0.3, -0.25) is 4.90 Å². The molecule has 2 heterocycles. The van der Waals surface area contributed by atoms with Crippen LogP contribution < -0.4 is 4.74 Å². The number of halogens is 1. The lowest BCUT2D eigenvalue weighted by Gasteiger charge is -2.63. The summed E-state index contributed by atoms with van der Waals surface area (Å²) in [4.78, 5) is 2.46. The van der Waals surface area contributed by atoms with Crippen molar-refractivity contribution in [3.05, 3.63) is 23.3 Å². The third kappa shape index (κ3) is 1.61. The van der Waals surface area contributed by atoms with Gasteiger partial charge in [-0.2, -0.15) is 0 Å². The van der Waals surface area contributed by atoms with E-state index in [1.165, 1.54) is 12.8 Å². The van der Waals surface area contributed by atoms with Crippen molar-refractivity contribution in [2.24, 2.45) is 5.92 Å². The van der Waals surface area contributed by atoms with Crippen LogP contribution in [0.5, 0.6) is 11.5 Å². The molecule has 1 aromatic rings. The summed E-state index contributed by atoms with van der Waals surface area (Å²) >= 11 is 0. The molecule has 5 atom stereocenters. The van der Waals surface area contributed by atoms with Crippen molar-refractivity contribution >= 4 is 0 Å². The Bertz CT molecular complexity index is 766. The lowest BCUT2D eigenvalue weighted by atomic mass is 9.49. The van der Waals surface area contributed by atoms with Crippen LogP contribution in [0.4, 0.5) is 4.39 Å². The SMILES string of the molecule is Oc1ccc2c3c1O[C@H]1[C@H](F)CCC4(O)[C@@H](C2)N(CC2CC2)CC[C@]314. The summed E-state index contributed by atoms with van der Waals surface area (Å²) in [6.07, 6.45) is 3.11. The fraction of sp³-hybridized carbons (Fsp3) is 0.700. The summed E-state index contributed by atoms with van der Waals surface area (Å²) in [5.74, 6) is 1.28. The number of piperidine rings is 1. The van der Waals surface area contributed by atoms with Gasteiger partial charge in [-0.25, -0.2) is 4.39 Å². The van der Waals surface area contributed by atoms with Crippen molar-refractivity contribution in [3.63, 3.8) is 0 Å². The molecule has 3 aliphatic carbocycles. The smallest absolute Gasteiger partial charge is 0.165 e. The van der Waals surface area contributed by atoms with Gasteiger partial charge in [0.15, 0.2) is 11.5 Å². The number of rotatable bonds is 2. The molecule has 1 aromatic carbocycles. The van der Waals surface area contributed by atoms with Crippen LogP contribution in [0.3, 0.4) is 0 Å². The number of hydrogen-bond donors (Lipinski definition) is 2. The molecule has 0 aromatic heterocycles. The number of nitrogens with zero attached hydrogens (tertiary/aromatic N) is 1. The minimum Gasteiger partial charge on any atom is -0.504 e. The molecular weight excluding hydrogens is 321 g/mol. The summed E-state index contributed by atoms with van der Waals surface area (Å²) in [6, 6.07) is 3.65. The van der Waals surface area contributed by atoms with Crippen molar-refractivity contribution < 1.29 is 19.3 Å². The third-order valence-electron chi connectivity index (χ3n) is 7.69. The second kappa shape index (κ2) is 4.49. The molecule has 1 spiro atoms. The van der Waals surface area contributed by atoms with Crippen molar-refractivity contribution in [2.45, 2.75) is 67.9 Å². The Balaban J connectivity index is 1.57. The molecule has 25 heavy (non-hydrogen) atoms. The molecule has 2 aliphatic heterocycles. The number of hydrogen-bond acceptors (Lipinski definition) is 4. The van der Waals surface area contributed by atoms with E-state index in [1.807, 2.05) is 6.07 Å². The lowest BCUT2D eigenvalue weighted by Crippen LogP contribution is -2.76. The van der Waals surface area contributed by atoms with Gasteiger partial charge in [0.05, 0.1) is 11.0 Å². The molecule has 1 unspecified atom stereocenters. The van der Waals surface area contributed by atoms with Gasteiger partial charge in [-0.1, -0.05) is 6.07 Å². The fourth-order valence-electron chi connectivity index (χ4n) is 6.42. The van der Waals surface area contributed by atoms with Crippen molar-refractivity contribution in [1.82, 2.24) is 4.90 Å². The molecule has 5 aliphatic rings. The first-order valence-electron chi connectivity index (χ1n) is 9.67. The number of alkyl halides is 1. The zero-order valence-corrected chi connectivity index (χ0v) is 14.2. The fourth-order valence-corrected chi connectivity index (χ4v) is 6.42. The van der Waals surface area contributed by atoms with E-state index in [4.69, 9.17) is 4.74 Å². The van der Waals surface area contributed by atoms with Crippen LogP contribution in [0, 0.1) is 5.92 Å². The normalized spacial score (nSPS) is 44.3. The quantitative estimate of drug-likeness (QED) is 0.864. The molecule has 2 N–H and O–H groups in total. The van der Waals surface area contributed by atoms with Gasteiger partial charge in [-0.05, 0) is 62.6 Å². The van der Waals surface area contributed by atoms with E-state index in [1.54, 1.807) is 6.07 Å². The topological polar surface area (TPSA) is 52.9 Å². The van der Waals surface area contributed by atoms with E-state index in [2.05, 4.69) is 4.90 Å². The minimum atomic E-state index is -1.09.